The number of piperazine rings is 1. The molecule has 0 aromatic heterocycles. The van der Waals surface area contributed by atoms with Crippen LogP contribution in [0.1, 0.15) is 37.7 Å². The molecule has 0 bridgehead atoms. The molecular formula is C16H25N2. The highest BCUT2D eigenvalue weighted by Crippen LogP contribution is 2.10. The van der Waals surface area contributed by atoms with Crippen LogP contribution in [0.2, 0.25) is 0 Å². The molecule has 2 heteroatoms. The number of benzene rings is 1. The Balaban J connectivity index is 1.46. The summed E-state index contributed by atoms with van der Waals surface area (Å²) < 4.78 is 0. The van der Waals surface area contributed by atoms with Gasteiger partial charge in [0.1, 0.15) is 0 Å². The largest absolute Gasteiger partial charge is 0.314 e. The Morgan fingerprint density at radius 1 is 1.06 bits per heavy atom. The first-order chi connectivity index (χ1) is 8.95. The summed E-state index contributed by atoms with van der Waals surface area (Å²) in [6.07, 6.45) is 7.89. The van der Waals surface area contributed by atoms with Crippen LogP contribution in [-0.4, -0.2) is 25.7 Å². The summed E-state index contributed by atoms with van der Waals surface area (Å²) in [7, 11) is 0. The monoisotopic (exact) mass is 245 g/mol. The molecule has 18 heavy (non-hydrogen) atoms. The standard InChI is InChI=1S/C16H25N2/c1(4-8-15-9-5-3-6-10-15)2-7-11-16-14-17-12-13-18-16/h3,5-6,9-10,16-17H,1-2,4,7-8,11-14H2. The van der Waals surface area contributed by atoms with Gasteiger partial charge in [-0.3, -0.25) is 0 Å². The van der Waals surface area contributed by atoms with Crippen LogP contribution in [0, 0.1) is 0 Å². The minimum atomic E-state index is 0.591. The predicted molar refractivity (Wildman–Crippen MR) is 76.9 cm³/mol. The maximum atomic E-state index is 4.63. The minimum Gasteiger partial charge on any atom is -0.314 e. The van der Waals surface area contributed by atoms with E-state index >= 15 is 0 Å². The van der Waals surface area contributed by atoms with Crippen molar-refractivity contribution in [2.45, 2.75) is 44.6 Å². The molecule has 1 saturated heterocycles. The Bertz CT molecular complexity index is 304. The smallest absolute Gasteiger partial charge is 0.0371 e. The van der Waals surface area contributed by atoms with Crippen LogP contribution in [0.15, 0.2) is 30.3 Å². The van der Waals surface area contributed by atoms with Gasteiger partial charge in [0.25, 0.3) is 0 Å². The number of rotatable bonds is 7. The van der Waals surface area contributed by atoms with E-state index < -0.39 is 0 Å². The van der Waals surface area contributed by atoms with Gasteiger partial charge >= 0.3 is 0 Å². The Morgan fingerprint density at radius 2 is 1.89 bits per heavy atom. The lowest BCUT2D eigenvalue weighted by Gasteiger charge is -2.22. The number of hydrogen-bond donors (Lipinski definition) is 1. The van der Waals surface area contributed by atoms with Crippen molar-refractivity contribution in [3.63, 3.8) is 0 Å². The van der Waals surface area contributed by atoms with E-state index in [-0.39, 0.29) is 0 Å². The fraction of sp³-hybridized carbons (Fsp3) is 0.625. The first-order valence-electron chi connectivity index (χ1n) is 7.36. The highest BCUT2D eigenvalue weighted by atomic mass is 15.0. The third kappa shape index (κ3) is 5.19. The molecule has 1 atom stereocenters. The predicted octanol–water partition coefficient (Wildman–Crippen LogP) is 2.76. The topological polar surface area (TPSA) is 26.1 Å². The fourth-order valence-electron chi connectivity index (χ4n) is 2.56. The van der Waals surface area contributed by atoms with Crippen LogP contribution in [0.25, 0.3) is 0 Å². The highest BCUT2D eigenvalue weighted by molar-refractivity contribution is 5.14. The van der Waals surface area contributed by atoms with E-state index in [0.29, 0.717) is 6.04 Å². The number of hydrogen-bond acceptors (Lipinski definition) is 1. The van der Waals surface area contributed by atoms with Crippen molar-refractivity contribution in [3.05, 3.63) is 35.9 Å². The van der Waals surface area contributed by atoms with Gasteiger partial charge in [0, 0.05) is 25.7 Å². The number of aryl methyl sites for hydroxylation is 1. The molecule has 1 aliphatic rings. The Morgan fingerprint density at radius 3 is 2.67 bits per heavy atom. The summed E-state index contributed by atoms with van der Waals surface area (Å²) in [5.41, 5.74) is 1.48. The van der Waals surface area contributed by atoms with Crippen LogP contribution in [-0.2, 0) is 6.42 Å². The molecule has 1 unspecified atom stereocenters. The number of unbranched alkanes of at least 4 members (excludes halogenated alkanes) is 3. The van der Waals surface area contributed by atoms with E-state index in [2.05, 4.69) is 41.0 Å². The van der Waals surface area contributed by atoms with Gasteiger partial charge in [-0.25, -0.2) is 5.32 Å². The van der Waals surface area contributed by atoms with Gasteiger partial charge in [-0.05, 0) is 24.8 Å². The lowest BCUT2D eigenvalue weighted by atomic mass is 10.0. The average Bonchev–Trinajstić information content (AvgIpc) is 2.45. The summed E-state index contributed by atoms with van der Waals surface area (Å²) in [5, 5.41) is 8.05. The molecule has 2 nitrogen and oxygen atoms in total. The summed E-state index contributed by atoms with van der Waals surface area (Å²) in [4.78, 5) is 0. The molecule has 1 aromatic rings. The van der Waals surface area contributed by atoms with Crippen molar-refractivity contribution in [1.82, 2.24) is 10.6 Å². The van der Waals surface area contributed by atoms with Crippen LogP contribution in [0.4, 0.5) is 0 Å². The third-order valence-electron chi connectivity index (χ3n) is 3.65. The van der Waals surface area contributed by atoms with E-state index in [1.54, 1.807) is 0 Å². The maximum Gasteiger partial charge on any atom is 0.0371 e. The quantitative estimate of drug-likeness (QED) is 0.735. The van der Waals surface area contributed by atoms with Crippen molar-refractivity contribution < 1.29 is 0 Å². The lowest BCUT2D eigenvalue weighted by molar-refractivity contribution is 0.379. The van der Waals surface area contributed by atoms with Crippen molar-refractivity contribution in [2.75, 3.05) is 19.6 Å². The van der Waals surface area contributed by atoms with Gasteiger partial charge in [0.15, 0.2) is 0 Å². The van der Waals surface area contributed by atoms with Gasteiger partial charge < -0.3 is 5.32 Å². The van der Waals surface area contributed by atoms with Crippen molar-refractivity contribution in [3.8, 4) is 0 Å². The molecular weight excluding hydrogens is 220 g/mol. The zero-order chi connectivity index (χ0) is 12.5. The van der Waals surface area contributed by atoms with E-state index in [1.807, 2.05) is 0 Å². The average molecular weight is 245 g/mol. The third-order valence-corrected chi connectivity index (χ3v) is 3.65. The first-order valence-corrected chi connectivity index (χ1v) is 7.36. The van der Waals surface area contributed by atoms with E-state index in [9.17, 15) is 0 Å². The minimum absolute atomic E-state index is 0.591. The molecule has 2 rings (SSSR count). The van der Waals surface area contributed by atoms with Gasteiger partial charge in [0.05, 0.1) is 0 Å². The van der Waals surface area contributed by atoms with Crippen LogP contribution < -0.4 is 10.6 Å². The van der Waals surface area contributed by atoms with E-state index in [4.69, 9.17) is 0 Å². The highest BCUT2D eigenvalue weighted by Gasteiger charge is 2.11. The van der Waals surface area contributed by atoms with Gasteiger partial charge in [-0.15, -0.1) is 0 Å². The zero-order valence-corrected chi connectivity index (χ0v) is 11.3. The van der Waals surface area contributed by atoms with E-state index in [1.165, 1.54) is 44.1 Å². The normalized spacial score (nSPS) is 19.9. The van der Waals surface area contributed by atoms with Crippen LogP contribution in [0.3, 0.4) is 0 Å². The summed E-state index contributed by atoms with van der Waals surface area (Å²) in [6, 6.07) is 11.4. The number of nitrogens with one attached hydrogen (secondary N) is 1. The number of nitrogens with zero attached hydrogens (tertiary/aromatic N) is 1. The molecule has 0 saturated carbocycles. The van der Waals surface area contributed by atoms with E-state index in [0.717, 1.165) is 19.6 Å². The summed E-state index contributed by atoms with van der Waals surface area (Å²) in [5.74, 6) is 0. The van der Waals surface area contributed by atoms with Gasteiger partial charge in [-0.1, -0.05) is 49.6 Å². The van der Waals surface area contributed by atoms with Gasteiger partial charge in [0.2, 0.25) is 0 Å². The molecule has 0 aliphatic carbocycles. The summed E-state index contributed by atoms with van der Waals surface area (Å²) in [6.45, 7) is 3.19. The van der Waals surface area contributed by atoms with Crippen molar-refractivity contribution in [2.24, 2.45) is 0 Å². The SMILES string of the molecule is c1ccc(CCCCCCC2CNCC[N]2)cc1. The first kappa shape index (κ1) is 13.6. The lowest BCUT2D eigenvalue weighted by Crippen LogP contribution is -2.43. The fourth-order valence-corrected chi connectivity index (χ4v) is 2.56. The zero-order valence-electron chi connectivity index (χ0n) is 11.3. The molecule has 99 valence electrons. The molecule has 1 radical (unpaired) electrons. The molecule has 0 amide bonds. The van der Waals surface area contributed by atoms with Crippen LogP contribution >= 0.6 is 0 Å². The second kappa shape index (κ2) is 8.28. The Kier molecular flexibility index (Phi) is 6.24. The van der Waals surface area contributed by atoms with Crippen molar-refractivity contribution >= 4 is 0 Å². The summed E-state index contributed by atoms with van der Waals surface area (Å²) >= 11 is 0. The molecule has 1 aliphatic heterocycles. The van der Waals surface area contributed by atoms with Crippen molar-refractivity contribution in [1.29, 1.82) is 0 Å². The molecule has 0 spiro atoms. The van der Waals surface area contributed by atoms with Crippen LogP contribution in [0.5, 0.6) is 0 Å². The molecule has 1 N–H and O–H groups in total. The molecule has 1 fully saturated rings. The second-order valence-corrected chi connectivity index (χ2v) is 5.20. The maximum absolute atomic E-state index is 4.63. The Labute approximate surface area is 111 Å². The second-order valence-electron chi connectivity index (χ2n) is 5.20. The molecule has 1 aromatic carbocycles. The van der Waals surface area contributed by atoms with Gasteiger partial charge in [-0.2, -0.15) is 0 Å². The Hall–Kier alpha value is -0.860. The molecule has 1 heterocycles.